The van der Waals surface area contributed by atoms with Gasteiger partial charge in [-0.15, -0.1) is 0 Å². The lowest BCUT2D eigenvalue weighted by Gasteiger charge is -2.09. The van der Waals surface area contributed by atoms with Gasteiger partial charge in [-0.2, -0.15) is 0 Å². The molecule has 0 saturated carbocycles. The van der Waals surface area contributed by atoms with Crippen molar-refractivity contribution in [2.24, 2.45) is 5.92 Å². The summed E-state index contributed by atoms with van der Waals surface area (Å²) in [7, 11) is 0. The van der Waals surface area contributed by atoms with Crippen molar-refractivity contribution in [3.05, 3.63) is 29.6 Å². The van der Waals surface area contributed by atoms with Crippen LogP contribution in [-0.4, -0.2) is 30.8 Å². The van der Waals surface area contributed by atoms with Crippen molar-refractivity contribution in [1.82, 2.24) is 10.3 Å². The molecule has 0 amide bonds. The van der Waals surface area contributed by atoms with E-state index in [1.165, 1.54) is 0 Å². The molecular formula is C16H28N2O2. The molecule has 0 aromatic carbocycles. The molecule has 0 aliphatic heterocycles. The molecule has 0 fully saturated rings. The van der Waals surface area contributed by atoms with Crippen molar-refractivity contribution in [3.8, 4) is 0 Å². The summed E-state index contributed by atoms with van der Waals surface area (Å²) in [5, 5.41) is 3.39. The van der Waals surface area contributed by atoms with E-state index in [4.69, 9.17) is 9.47 Å². The molecule has 1 heterocycles. The van der Waals surface area contributed by atoms with Crippen LogP contribution < -0.4 is 5.32 Å². The third-order valence-corrected chi connectivity index (χ3v) is 2.65. The van der Waals surface area contributed by atoms with E-state index in [-0.39, 0.29) is 6.10 Å². The van der Waals surface area contributed by atoms with E-state index in [0.717, 1.165) is 24.5 Å². The van der Waals surface area contributed by atoms with Crippen LogP contribution >= 0.6 is 0 Å². The summed E-state index contributed by atoms with van der Waals surface area (Å²) in [4.78, 5) is 4.57. The van der Waals surface area contributed by atoms with Crippen LogP contribution in [0.3, 0.4) is 0 Å². The van der Waals surface area contributed by atoms with E-state index in [1.54, 1.807) is 0 Å². The van der Waals surface area contributed by atoms with Crippen LogP contribution in [0.4, 0.5) is 0 Å². The van der Waals surface area contributed by atoms with Crippen LogP contribution in [0.25, 0.3) is 0 Å². The SMILES string of the molecule is CC(C)CNCc1cccc(COCCOC(C)C)n1. The lowest BCUT2D eigenvalue weighted by atomic mass is 10.2. The molecule has 0 spiro atoms. The van der Waals surface area contributed by atoms with Gasteiger partial charge in [0.05, 0.1) is 37.3 Å². The summed E-state index contributed by atoms with van der Waals surface area (Å²) in [5.41, 5.74) is 2.03. The van der Waals surface area contributed by atoms with Gasteiger partial charge < -0.3 is 14.8 Å². The molecule has 0 saturated heterocycles. The summed E-state index contributed by atoms with van der Waals surface area (Å²) in [6.45, 7) is 12.0. The number of pyridine rings is 1. The lowest BCUT2D eigenvalue weighted by molar-refractivity contribution is 0.0135. The van der Waals surface area contributed by atoms with Crippen molar-refractivity contribution >= 4 is 0 Å². The van der Waals surface area contributed by atoms with Gasteiger partial charge in [-0.3, -0.25) is 4.98 Å². The van der Waals surface area contributed by atoms with Crippen LogP contribution in [0.15, 0.2) is 18.2 Å². The first-order valence-electron chi connectivity index (χ1n) is 7.42. The first-order valence-corrected chi connectivity index (χ1v) is 7.42. The Hall–Kier alpha value is -0.970. The first-order chi connectivity index (χ1) is 9.58. The lowest BCUT2D eigenvalue weighted by Crippen LogP contribution is -2.19. The predicted octanol–water partition coefficient (Wildman–Crippen LogP) is 2.77. The molecule has 0 bridgehead atoms. The second-order valence-electron chi connectivity index (χ2n) is 5.62. The average molecular weight is 280 g/mol. The van der Waals surface area contributed by atoms with Crippen LogP contribution in [0.1, 0.15) is 39.1 Å². The predicted molar refractivity (Wildman–Crippen MR) is 81.5 cm³/mol. The number of aromatic nitrogens is 1. The molecule has 0 aliphatic carbocycles. The number of hydrogen-bond acceptors (Lipinski definition) is 4. The Kier molecular flexibility index (Phi) is 8.42. The van der Waals surface area contributed by atoms with Crippen molar-refractivity contribution in [3.63, 3.8) is 0 Å². The Morgan fingerprint density at radius 1 is 1.10 bits per heavy atom. The van der Waals surface area contributed by atoms with Crippen molar-refractivity contribution in [2.75, 3.05) is 19.8 Å². The maximum Gasteiger partial charge on any atom is 0.0889 e. The van der Waals surface area contributed by atoms with Crippen LogP contribution in [0, 0.1) is 5.92 Å². The van der Waals surface area contributed by atoms with Gasteiger partial charge in [0.15, 0.2) is 0 Å². The summed E-state index contributed by atoms with van der Waals surface area (Å²) < 4.78 is 11.0. The Bertz CT molecular complexity index is 367. The van der Waals surface area contributed by atoms with Gasteiger partial charge in [-0.1, -0.05) is 19.9 Å². The van der Waals surface area contributed by atoms with Gasteiger partial charge in [0.25, 0.3) is 0 Å². The molecule has 1 N–H and O–H groups in total. The fourth-order valence-electron chi connectivity index (χ4n) is 1.72. The molecule has 4 heteroatoms. The smallest absolute Gasteiger partial charge is 0.0889 e. The Morgan fingerprint density at radius 2 is 1.85 bits per heavy atom. The third-order valence-electron chi connectivity index (χ3n) is 2.65. The average Bonchev–Trinajstić information content (AvgIpc) is 2.38. The summed E-state index contributed by atoms with van der Waals surface area (Å²) >= 11 is 0. The molecule has 20 heavy (non-hydrogen) atoms. The Labute approximate surface area is 122 Å². The minimum atomic E-state index is 0.257. The monoisotopic (exact) mass is 280 g/mol. The fourth-order valence-corrected chi connectivity index (χ4v) is 1.72. The molecule has 1 rings (SSSR count). The minimum Gasteiger partial charge on any atom is -0.376 e. The van der Waals surface area contributed by atoms with Gasteiger partial charge in [-0.05, 0) is 38.4 Å². The maximum atomic E-state index is 5.56. The highest BCUT2D eigenvalue weighted by Gasteiger charge is 2.00. The molecule has 1 aromatic heterocycles. The fraction of sp³-hybridized carbons (Fsp3) is 0.688. The van der Waals surface area contributed by atoms with Crippen LogP contribution in [0.2, 0.25) is 0 Å². The second-order valence-corrected chi connectivity index (χ2v) is 5.62. The van der Waals surface area contributed by atoms with Crippen molar-refractivity contribution < 1.29 is 9.47 Å². The van der Waals surface area contributed by atoms with E-state index in [0.29, 0.717) is 25.7 Å². The van der Waals surface area contributed by atoms with E-state index < -0.39 is 0 Å². The highest BCUT2D eigenvalue weighted by atomic mass is 16.5. The maximum absolute atomic E-state index is 5.56. The number of hydrogen-bond donors (Lipinski definition) is 1. The van der Waals surface area contributed by atoms with Crippen LogP contribution in [-0.2, 0) is 22.6 Å². The number of nitrogens with one attached hydrogen (secondary N) is 1. The molecule has 4 nitrogen and oxygen atoms in total. The Balaban J connectivity index is 2.25. The zero-order valence-electron chi connectivity index (χ0n) is 13.2. The van der Waals surface area contributed by atoms with E-state index in [1.807, 2.05) is 32.0 Å². The number of ether oxygens (including phenoxy) is 2. The van der Waals surface area contributed by atoms with Gasteiger partial charge >= 0.3 is 0 Å². The summed E-state index contributed by atoms with van der Waals surface area (Å²) in [5.74, 6) is 0.655. The topological polar surface area (TPSA) is 43.4 Å². The van der Waals surface area contributed by atoms with Gasteiger partial charge in [0.2, 0.25) is 0 Å². The largest absolute Gasteiger partial charge is 0.376 e. The molecule has 0 atom stereocenters. The van der Waals surface area contributed by atoms with E-state index >= 15 is 0 Å². The molecule has 114 valence electrons. The second kappa shape index (κ2) is 9.86. The molecule has 0 unspecified atom stereocenters. The zero-order valence-corrected chi connectivity index (χ0v) is 13.2. The molecule has 1 aromatic rings. The summed E-state index contributed by atoms with van der Waals surface area (Å²) in [6.07, 6.45) is 0.257. The summed E-state index contributed by atoms with van der Waals surface area (Å²) in [6, 6.07) is 6.07. The van der Waals surface area contributed by atoms with Gasteiger partial charge in [-0.25, -0.2) is 0 Å². The third kappa shape index (κ3) is 8.25. The zero-order chi connectivity index (χ0) is 14.8. The highest BCUT2D eigenvalue weighted by molar-refractivity contribution is 5.10. The number of nitrogens with zero attached hydrogens (tertiary/aromatic N) is 1. The van der Waals surface area contributed by atoms with E-state index in [9.17, 15) is 0 Å². The normalized spacial score (nSPS) is 11.5. The quantitative estimate of drug-likeness (QED) is 0.669. The van der Waals surface area contributed by atoms with E-state index in [2.05, 4.69) is 24.1 Å². The molecule has 0 radical (unpaired) electrons. The standard InChI is InChI=1S/C16H28N2O2/c1-13(2)10-17-11-15-6-5-7-16(18-15)12-19-8-9-20-14(3)4/h5-7,13-14,17H,8-12H2,1-4H3. The molecular weight excluding hydrogens is 252 g/mol. The van der Waals surface area contributed by atoms with Gasteiger partial charge in [0.1, 0.15) is 0 Å². The minimum absolute atomic E-state index is 0.257. The molecule has 0 aliphatic rings. The van der Waals surface area contributed by atoms with Crippen molar-refractivity contribution in [1.29, 1.82) is 0 Å². The Morgan fingerprint density at radius 3 is 2.55 bits per heavy atom. The van der Waals surface area contributed by atoms with Gasteiger partial charge in [0, 0.05) is 6.54 Å². The van der Waals surface area contributed by atoms with Crippen LogP contribution in [0.5, 0.6) is 0 Å². The van der Waals surface area contributed by atoms with Crippen molar-refractivity contribution in [2.45, 2.75) is 47.0 Å². The number of rotatable bonds is 10. The highest BCUT2D eigenvalue weighted by Crippen LogP contribution is 2.02. The first kappa shape index (κ1) is 17.1.